The van der Waals surface area contributed by atoms with E-state index in [0.29, 0.717) is 17.5 Å². The largest absolute Gasteiger partial charge is 0.480 e. The van der Waals surface area contributed by atoms with Crippen molar-refractivity contribution < 1.29 is 9.53 Å². The molecule has 0 atom stereocenters. The summed E-state index contributed by atoms with van der Waals surface area (Å²) in [5, 5.41) is 4.09. The number of methoxy groups -OCH3 is 1. The Labute approximate surface area is 81.3 Å². The van der Waals surface area contributed by atoms with Crippen molar-refractivity contribution in [1.29, 1.82) is 0 Å². The van der Waals surface area contributed by atoms with Crippen LogP contribution in [0.4, 0.5) is 0 Å². The monoisotopic (exact) mass is 200 g/mol. The molecule has 1 heterocycles. The number of aromatic nitrogens is 2. The standard InChI is InChI=1S/C8H12N2O2S/c1-6(11)7-4-8(12-2)9-10(7)5-13-3/h4H,5H2,1-3H3. The molecule has 0 saturated carbocycles. The Bertz CT molecular complexity index is 309. The van der Waals surface area contributed by atoms with Crippen LogP contribution in [0.5, 0.6) is 5.88 Å². The van der Waals surface area contributed by atoms with E-state index in [0.717, 1.165) is 0 Å². The van der Waals surface area contributed by atoms with Gasteiger partial charge in [-0.15, -0.1) is 16.9 Å². The third kappa shape index (κ3) is 2.24. The fourth-order valence-corrected chi connectivity index (χ4v) is 1.44. The Morgan fingerprint density at radius 2 is 2.46 bits per heavy atom. The van der Waals surface area contributed by atoms with Crippen molar-refractivity contribution in [2.24, 2.45) is 0 Å². The zero-order valence-corrected chi connectivity index (χ0v) is 8.72. The Morgan fingerprint density at radius 3 is 2.92 bits per heavy atom. The predicted molar refractivity (Wildman–Crippen MR) is 52.3 cm³/mol. The van der Waals surface area contributed by atoms with Gasteiger partial charge in [-0.25, -0.2) is 4.68 Å². The van der Waals surface area contributed by atoms with Gasteiger partial charge in [0.15, 0.2) is 5.78 Å². The van der Waals surface area contributed by atoms with E-state index >= 15 is 0 Å². The average Bonchev–Trinajstić information content (AvgIpc) is 2.48. The minimum atomic E-state index is 0.00449. The highest BCUT2D eigenvalue weighted by molar-refractivity contribution is 7.97. The molecule has 0 aromatic carbocycles. The molecule has 4 nitrogen and oxygen atoms in total. The molecule has 1 rings (SSSR count). The molecule has 1 aromatic heterocycles. The SMILES string of the molecule is COc1cc(C(C)=O)n(CSC)n1. The number of Topliss-reactive ketones (excluding diaryl/α,β-unsaturated/α-hetero) is 1. The molecule has 72 valence electrons. The van der Waals surface area contributed by atoms with Gasteiger partial charge in [0.25, 0.3) is 0 Å². The van der Waals surface area contributed by atoms with Crippen LogP contribution in [0, 0.1) is 0 Å². The van der Waals surface area contributed by atoms with E-state index < -0.39 is 0 Å². The maximum atomic E-state index is 11.1. The van der Waals surface area contributed by atoms with Gasteiger partial charge in [-0.2, -0.15) is 0 Å². The van der Waals surface area contributed by atoms with Crippen molar-refractivity contribution in [1.82, 2.24) is 9.78 Å². The lowest BCUT2D eigenvalue weighted by atomic mass is 10.3. The lowest BCUT2D eigenvalue weighted by molar-refractivity contribution is 0.100. The van der Waals surface area contributed by atoms with Crippen LogP contribution in [0.2, 0.25) is 0 Å². The highest BCUT2D eigenvalue weighted by Gasteiger charge is 2.10. The van der Waals surface area contributed by atoms with Crippen molar-refractivity contribution >= 4 is 17.5 Å². The molecule has 1 aromatic rings. The summed E-state index contributed by atoms with van der Waals surface area (Å²) in [6.07, 6.45) is 1.96. The second-order valence-corrected chi connectivity index (χ2v) is 3.38. The molecule has 0 aliphatic rings. The lowest BCUT2D eigenvalue weighted by Gasteiger charge is -2.00. The number of hydrogen-bond donors (Lipinski definition) is 0. The van der Waals surface area contributed by atoms with E-state index in [4.69, 9.17) is 4.74 Å². The van der Waals surface area contributed by atoms with E-state index in [9.17, 15) is 4.79 Å². The van der Waals surface area contributed by atoms with Crippen LogP contribution < -0.4 is 4.74 Å². The molecule has 0 saturated heterocycles. The number of carbonyl (C=O) groups is 1. The van der Waals surface area contributed by atoms with E-state index in [1.807, 2.05) is 6.26 Å². The van der Waals surface area contributed by atoms with Crippen LogP contribution in [0.25, 0.3) is 0 Å². The van der Waals surface area contributed by atoms with Crippen LogP contribution in [0.3, 0.4) is 0 Å². The topological polar surface area (TPSA) is 44.1 Å². The summed E-state index contributed by atoms with van der Waals surface area (Å²) in [6, 6.07) is 1.65. The van der Waals surface area contributed by atoms with Gasteiger partial charge in [0.1, 0.15) is 5.69 Å². The first kappa shape index (κ1) is 10.1. The summed E-state index contributed by atoms with van der Waals surface area (Å²) in [7, 11) is 1.54. The average molecular weight is 200 g/mol. The second-order valence-electron chi connectivity index (χ2n) is 2.55. The number of ether oxygens (including phenoxy) is 1. The van der Waals surface area contributed by atoms with Crippen LogP contribution in [0.1, 0.15) is 17.4 Å². The first-order valence-corrected chi connectivity index (χ1v) is 5.20. The lowest BCUT2D eigenvalue weighted by Crippen LogP contribution is -2.06. The number of nitrogens with zero attached hydrogens (tertiary/aromatic N) is 2. The van der Waals surface area contributed by atoms with Gasteiger partial charge in [-0.3, -0.25) is 4.79 Å². The summed E-state index contributed by atoms with van der Waals surface area (Å²) < 4.78 is 6.58. The Morgan fingerprint density at radius 1 is 1.77 bits per heavy atom. The summed E-state index contributed by atoms with van der Waals surface area (Å²) >= 11 is 1.60. The quantitative estimate of drug-likeness (QED) is 0.689. The van der Waals surface area contributed by atoms with Crippen molar-refractivity contribution in [3.05, 3.63) is 11.8 Å². The van der Waals surface area contributed by atoms with E-state index in [2.05, 4.69) is 5.10 Å². The molecular weight excluding hydrogens is 188 g/mol. The second kappa shape index (κ2) is 4.32. The number of thioether (sulfide) groups is 1. The highest BCUT2D eigenvalue weighted by Crippen LogP contribution is 2.14. The molecule has 5 heteroatoms. The first-order valence-electron chi connectivity index (χ1n) is 3.80. The zero-order chi connectivity index (χ0) is 9.84. The summed E-state index contributed by atoms with van der Waals surface area (Å²) in [5.74, 6) is 1.15. The highest BCUT2D eigenvalue weighted by atomic mass is 32.2. The third-order valence-corrected chi connectivity index (χ3v) is 2.08. The Balaban J connectivity index is 3.00. The van der Waals surface area contributed by atoms with Gasteiger partial charge in [0, 0.05) is 13.0 Å². The minimum Gasteiger partial charge on any atom is -0.480 e. The van der Waals surface area contributed by atoms with Crippen molar-refractivity contribution in [2.75, 3.05) is 13.4 Å². The molecular formula is C8H12N2O2S. The number of carbonyl (C=O) groups excluding carboxylic acids is 1. The minimum absolute atomic E-state index is 0.00449. The van der Waals surface area contributed by atoms with E-state index in [1.54, 1.807) is 22.5 Å². The molecule has 0 aliphatic carbocycles. The number of ketones is 1. The molecule has 0 radical (unpaired) electrons. The van der Waals surface area contributed by atoms with Crippen LogP contribution in [-0.2, 0) is 5.88 Å². The van der Waals surface area contributed by atoms with Crippen LogP contribution in [-0.4, -0.2) is 28.9 Å². The molecule has 0 aliphatic heterocycles. The molecule has 0 fully saturated rings. The molecule has 0 unspecified atom stereocenters. The number of hydrogen-bond acceptors (Lipinski definition) is 4. The van der Waals surface area contributed by atoms with E-state index in [1.165, 1.54) is 14.0 Å². The maximum absolute atomic E-state index is 11.1. The normalized spacial score (nSPS) is 10.1. The Kier molecular flexibility index (Phi) is 3.36. The number of rotatable bonds is 4. The summed E-state index contributed by atoms with van der Waals surface area (Å²) in [5.41, 5.74) is 0.589. The fourth-order valence-electron chi connectivity index (χ4n) is 0.997. The molecule has 0 amide bonds. The summed E-state index contributed by atoms with van der Waals surface area (Å²) in [6.45, 7) is 1.52. The molecule has 0 spiro atoms. The Hall–Kier alpha value is -0.970. The van der Waals surface area contributed by atoms with Gasteiger partial charge in [-0.05, 0) is 6.26 Å². The third-order valence-electron chi connectivity index (χ3n) is 1.58. The molecule has 0 bridgehead atoms. The fraction of sp³-hybridized carbons (Fsp3) is 0.500. The van der Waals surface area contributed by atoms with Crippen molar-refractivity contribution in [3.63, 3.8) is 0 Å². The van der Waals surface area contributed by atoms with Gasteiger partial charge in [0.2, 0.25) is 5.88 Å². The van der Waals surface area contributed by atoms with Crippen LogP contribution >= 0.6 is 11.8 Å². The predicted octanol–water partition coefficient (Wildman–Crippen LogP) is 1.41. The summed E-state index contributed by atoms with van der Waals surface area (Å²) in [4.78, 5) is 11.1. The first-order chi connectivity index (χ1) is 6.19. The van der Waals surface area contributed by atoms with Gasteiger partial charge < -0.3 is 4.74 Å². The molecule has 13 heavy (non-hydrogen) atoms. The van der Waals surface area contributed by atoms with E-state index in [-0.39, 0.29) is 5.78 Å². The smallest absolute Gasteiger partial charge is 0.233 e. The zero-order valence-electron chi connectivity index (χ0n) is 7.90. The van der Waals surface area contributed by atoms with Gasteiger partial charge in [-0.1, -0.05) is 0 Å². The maximum Gasteiger partial charge on any atom is 0.233 e. The van der Waals surface area contributed by atoms with Crippen LogP contribution in [0.15, 0.2) is 6.07 Å². The van der Waals surface area contributed by atoms with Gasteiger partial charge >= 0.3 is 0 Å². The van der Waals surface area contributed by atoms with Crippen molar-refractivity contribution in [3.8, 4) is 5.88 Å². The van der Waals surface area contributed by atoms with Gasteiger partial charge in [0.05, 0.1) is 13.0 Å². The molecule has 0 N–H and O–H groups in total. The van der Waals surface area contributed by atoms with Crippen molar-refractivity contribution in [2.45, 2.75) is 12.8 Å².